The molecule has 1 amide bonds. The SMILES string of the molecule is Nc1ccc(N2CC(CN3CCC(C(=O)O)CC3)OC2=O)cc1. The number of carboxylic acids is 1. The monoisotopic (exact) mass is 319 g/mol. The van der Waals surface area contributed by atoms with Gasteiger partial charge in [0.15, 0.2) is 0 Å². The smallest absolute Gasteiger partial charge is 0.414 e. The van der Waals surface area contributed by atoms with Crippen LogP contribution in [-0.2, 0) is 9.53 Å². The summed E-state index contributed by atoms with van der Waals surface area (Å²) in [6, 6.07) is 7.12. The molecule has 0 bridgehead atoms. The standard InChI is InChI=1S/C16H21N3O4/c17-12-1-3-13(4-2-12)19-10-14(23-16(19)22)9-18-7-5-11(6-8-18)15(20)21/h1-4,11,14H,5-10,17H2,(H,20,21). The third kappa shape index (κ3) is 3.56. The average Bonchev–Trinajstić information content (AvgIpc) is 2.89. The Kier molecular flexibility index (Phi) is 4.38. The molecular weight excluding hydrogens is 298 g/mol. The van der Waals surface area contributed by atoms with E-state index in [1.165, 1.54) is 0 Å². The maximum atomic E-state index is 12.0. The minimum absolute atomic E-state index is 0.193. The first-order valence-electron chi connectivity index (χ1n) is 7.82. The van der Waals surface area contributed by atoms with E-state index in [2.05, 4.69) is 4.90 Å². The van der Waals surface area contributed by atoms with Crippen LogP contribution < -0.4 is 10.6 Å². The second-order valence-corrected chi connectivity index (χ2v) is 6.12. The molecule has 7 heteroatoms. The second kappa shape index (κ2) is 6.45. The third-order valence-electron chi connectivity index (χ3n) is 4.48. The lowest BCUT2D eigenvalue weighted by atomic mass is 9.97. The number of nitrogens with two attached hydrogens (primary N) is 1. The highest BCUT2D eigenvalue weighted by atomic mass is 16.6. The number of carbonyl (C=O) groups is 2. The molecule has 1 aromatic carbocycles. The van der Waals surface area contributed by atoms with E-state index in [1.54, 1.807) is 29.2 Å². The zero-order valence-electron chi connectivity index (χ0n) is 12.9. The Labute approximate surface area is 134 Å². The molecule has 2 heterocycles. The van der Waals surface area contributed by atoms with Gasteiger partial charge in [0.2, 0.25) is 0 Å². The summed E-state index contributed by atoms with van der Waals surface area (Å²) in [7, 11) is 0. The third-order valence-corrected chi connectivity index (χ3v) is 4.48. The Morgan fingerprint density at radius 3 is 2.52 bits per heavy atom. The number of amides is 1. The van der Waals surface area contributed by atoms with E-state index >= 15 is 0 Å². The fourth-order valence-corrected chi connectivity index (χ4v) is 3.13. The van der Waals surface area contributed by atoms with E-state index in [0.717, 1.165) is 18.8 Å². The summed E-state index contributed by atoms with van der Waals surface area (Å²) in [5.74, 6) is -0.963. The van der Waals surface area contributed by atoms with E-state index in [0.29, 0.717) is 31.6 Å². The molecule has 0 aromatic heterocycles. The predicted molar refractivity (Wildman–Crippen MR) is 85.3 cm³/mol. The Bertz CT molecular complexity index is 581. The maximum Gasteiger partial charge on any atom is 0.414 e. The molecule has 2 aliphatic rings. The highest BCUT2D eigenvalue weighted by Gasteiger charge is 2.34. The molecule has 1 atom stereocenters. The molecule has 0 saturated carbocycles. The fraction of sp³-hybridized carbons (Fsp3) is 0.500. The summed E-state index contributed by atoms with van der Waals surface area (Å²) in [6.07, 6.45) is 0.761. The van der Waals surface area contributed by atoms with Crippen LogP contribution >= 0.6 is 0 Å². The number of rotatable bonds is 4. The number of carbonyl (C=O) groups excluding carboxylic acids is 1. The topological polar surface area (TPSA) is 96.1 Å². The fourth-order valence-electron chi connectivity index (χ4n) is 3.13. The molecule has 0 spiro atoms. The van der Waals surface area contributed by atoms with Gasteiger partial charge < -0.3 is 15.6 Å². The number of piperidine rings is 1. The first kappa shape index (κ1) is 15.6. The van der Waals surface area contributed by atoms with Crippen molar-refractivity contribution >= 4 is 23.4 Å². The lowest BCUT2D eigenvalue weighted by molar-refractivity contribution is -0.143. The van der Waals surface area contributed by atoms with Gasteiger partial charge >= 0.3 is 12.1 Å². The Morgan fingerprint density at radius 1 is 1.26 bits per heavy atom. The summed E-state index contributed by atoms with van der Waals surface area (Å²) in [5.41, 5.74) is 7.09. The number of likely N-dealkylation sites (tertiary alicyclic amines) is 1. The number of aliphatic carboxylic acids is 1. The van der Waals surface area contributed by atoms with E-state index in [4.69, 9.17) is 15.6 Å². The quantitative estimate of drug-likeness (QED) is 0.814. The number of benzene rings is 1. The lowest BCUT2D eigenvalue weighted by Gasteiger charge is -2.31. The first-order chi connectivity index (χ1) is 11.0. The number of nitrogens with zero attached hydrogens (tertiary/aromatic N) is 2. The number of nitrogen functional groups attached to an aromatic ring is 1. The largest absolute Gasteiger partial charge is 0.481 e. The molecule has 2 fully saturated rings. The molecule has 2 aliphatic heterocycles. The van der Waals surface area contributed by atoms with E-state index in [1.807, 2.05) is 0 Å². The number of hydrogen-bond donors (Lipinski definition) is 2. The van der Waals surface area contributed by atoms with Gasteiger partial charge in [-0.05, 0) is 50.2 Å². The molecular formula is C16H21N3O4. The van der Waals surface area contributed by atoms with Crippen LogP contribution in [0.1, 0.15) is 12.8 Å². The van der Waals surface area contributed by atoms with Gasteiger partial charge in [-0.1, -0.05) is 0 Å². The van der Waals surface area contributed by atoms with E-state index < -0.39 is 5.97 Å². The molecule has 7 nitrogen and oxygen atoms in total. The number of cyclic esters (lactones) is 1. The van der Waals surface area contributed by atoms with Gasteiger partial charge in [0, 0.05) is 17.9 Å². The summed E-state index contributed by atoms with van der Waals surface area (Å²) in [4.78, 5) is 26.8. The summed E-state index contributed by atoms with van der Waals surface area (Å²) in [6.45, 7) is 2.60. The molecule has 23 heavy (non-hydrogen) atoms. The molecule has 0 radical (unpaired) electrons. The van der Waals surface area contributed by atoms with Gasteiger partial charge in [-0.3, -0.25) is 14.6 Å². The van der Waals surface area contributed by atoms with Gasteiger partial charge in [-0.25, -0.2) is 4.79 Å². The normalized spacial score (nSPS) is 23.0. The van der Waals surface area contributed by atoms with Crippen LogP contribution in [0.5, 0.6) is 0 Å². The highest BCUT2D eigenvalue weighted by Crippen LogP contribution is 2.24. The van der Waals surface area contributed by atoms with Crippen molar-refractivity contribution in [2.45, 2.75) is 18.9 Å². The number of anilines is 2. The van der Waals surface area contributed by atoms with Gasteiger partial charge in [0.1, 0.15) is 6.10 Å². The van der Waals surface area contributed by atoms with Crippen molar-refractivity contribution in [3.05, 3.63) is 24.3 Å². The van der Waals surface area contributed by atoms with Gasteiger partial charge in [-0.2, -0.15) is 0 Å². The zero-order chi connectivity index (χ0) is 16.4. The molecule has 124 valence electrons. The summed E-state index contributed by atoms with van der Waals surface area (Å²) in [5, 5.41) is 9.02. The van der Waals surface area contributed by atoms with Crippen LogP contribution in [0.3, 0.4) is 0 Å². The van der Waals surface area contributed by atoms with Crippen molar-refractivity contribution < 1.29 is 19.4 Å². The number of hydrogen-bond acceptors (Lipinski definition) is 5. The second-order valence-electron chi connectivity index (χ2n) is 6.12. The lowest BCUT2D eigenvalue weighted by Crippen LogP contribution is -2.41. The average molecular weight is 319 g/mol. The van der Waals surface area contributed by atoms with Crippen LogP contribution in [-0.4, -0.2) is 54.4 Å². The Morgan fingerprint density at radius 2 is 1.91 bits per heavy atom. The van der Waals surface area contributed by atoms with Crippen molar-refractivity contribution in [2.75, 3.05) is 36.8 Å². The van der Waals surface area contributed by atoms with Crippen molar-refractivity contribution in [1.82, 2.24) is 4.90 Å². The van der Waals surface area contributed by atoms with E-state index in [9.17, 15) is 9.59 Å². The molecule has 1 unspecified atom stereocenters. The number of ether oxygens (including phenoxy) is 1. The van der Waals surface area contributed by atoms with Crippen LogP contribution in [0.15, 0.2) is 24.3 Å². The van der Waals surface area contributed by atoms with E-state index in [-0.39, 0.29) is 18.1 Å². The van der Waals surface area contributed by atoms with Crippen molar-refractivity contribution in [1.29, 1.82) is 0 Å². The van der Waals surface area contributed by atoms with Crippen molar-refractivity contribution in [3.63, 3.8) is 0 Å². The predicted octanol–water partition coefficient (Wildman–Crippen LogP) is 1.39. The summed E-state index contributed by atoms with van der Waals surface area (Å²) >= 11 is 0. The zero-order valence-corrected chi connectivity index (χ0v) is 12.9. The first-order valence-corrected chi connectivity index (χ1v) is 7.82. The molecule has 0 aliphatic carbocycles. The molecule has 3 N–H and O–H groups in total. The van der Waals surface area contributed by atoms with Gasteiger partial charge in [-0.15, -0.1) is 0 Å². The molecule has 1 aromatic rings. The van der Waals surface area contributed by atoms with Gasteiger partial charge in [0.05, 0.1) is 12.5 Å². The van der Waals surface area contributed by atoms with Crippen LogP contribution in [0.2, 0.25) is 0 Å². The van der Waals surface area contributed by atoms with Gasteiger partial charge in [0.25, 0.3) is 0 Å². The van der Waals surface area contributed by atoms with Crippen molar-refractivity contribution in [3.8, 4) is 0 Å². The molecule has 2 saturated heterocycles. The maximum absolute atomic E-state index is 12.0. The van der Waals surface area contributed by atoms with Crippen LogP contribution in [0.4, 0.5) is 16.2 Å². The Balaban J connectivity index is 1.54. The van der Waals surface area contributed by atoms with Crippen LogP contribution in [0.25, 0.3) is 0 Å². The van der Waals surface area contributed by atoms with Crippen LogP contribution in [0, 0.1) is 5.92 Å². The highest BCUT2D eigenvalue weighted by molar-refractivity contribution is 5.89. The molecule has 3 rings (SSSR count). The minimum atomic E-state index is -0.716. The summed E-state index contributed by atoms with van der Waals surface area (Å²) < 4.78 is 5.43. The Hall–Kier alpha value is -2.28. The van der Waals surface area contributed by atoms with Crippen molar-refractivity contribution in [2.24, 2.45) is 5.92 Å². The number of carboxylic acid groups (broad SMARTS) is 1. The minimum Gasteiger partial charge on any atom is -0.481 e.